The Morgan fingerprint density at radius 1 is 1.18 bits per heavy atom. The zero-order valence-electron chi connectivity index (χ0n) is 10.5. The molecule has 1 heterocycles. The molecular weight excluding hydrogens is 234 g/mol. The quantitative estimate of drug-likeness (QED) is 0.562. The Morgan fingerprint density at radius 3 is 2.29 bits per heavy atom. The van der Waals surface area contributed by atoms with Crippen LogP contribution in [0.2, 0.25) is 5.02 Å². The van der Waals surface area contributed by atoms with Crippen LogP contribution in [-0.2, 0) is 0 Å². The highest BCUT2D eigenvalue weighted by Crippen LogP contribution is 2.13. The summed E-state index contributed by atoms with van der Waals surface area (Å²) < 4.78 is 0. The van der Waals surface area contributed by atoms with E-state index < -0.39 is 0 Å². The van der Waals surface area contributed by atoms with Crippen molar-refractivity contribution in [1.29, 1.82) is 0 Å². The van der Waals surface area contributed by atoms with Crippen LogP contribution in [0.15, 0.2) is 24.3 Å². The first-order valence-corrected chi connectivity index (χ1v) is 6.79. The van der Waals surface area contributed by atoms with Crippen molar-refractivity contribution in [2.45, 2.75) is 6.04 Å². The average molecular weight is 257 g/mol. The van der Waals surface area contributed by atoms with Crippen molar-refractivity contribution >= 4 is 11.6 Å². The van der Waals surface area contributed by atoms with Gasteiger partial charge in [-0.2, -0.15) is 0 Å². The van der Waals surface area contributed by atoms with E-state index in [0.29, 0.717) is 6.04 Å². The Kier molecular flexibility index (Phi) is 4.40. The molecule has 0 aromatic heterocycles. The number of rotatable bonds is 3. The second kappa shape index (κ2) is 5.83. The third kappa shape index (κ3) is 3.19. The summed E-state index contributed by atoms with van der Waals surface area (Å²) in [6, 6.07) is 8.80. The normalized spacial score (nSPS) is 26.8. The predicted octanol–water partition coefficient (Wildman–Crippen LogP) is -1.96. The molecule has 1 saturated heterocycles. The van der Waals surface area contributed by atoms with Gasteiger partial charge in [-0.15, -0.1) is 0 Å². The van der Waals surface area contributed by atoms with Crippen LogP contribution in [0.5, 0.6) is 0 Å². The molecule has 0 spiro atoms. The Bertz CT molecular complexity index is 344. The summed E-state index contributed by atoms with van der Waals surface area (Å²) in [5.41, 5.74) is 5.49. The first-order valence-electron chi connectivity index (χ1n) is 6.41. The van der Waals surface area contributed by atoms with Gasteiger partial charge in [0.1, 0.15) is 32.7 Å². The molecule has 0 aliphatic carbocycles. The molecule has 17 heavy (non-hydrogen) atoms. The van der Waals surface area contributed by atoms with Gasteiger partial charge in [0.2, 0.25) is 0 Å². The highest BCUT2D eigenvalue weighted by molar-refractivity contribution is 6.30. The van der Waals surface area contributed by atoms with E-state index in [4.69, 9.17) is 11.6 Å². The average Bonchev–Trinajstić information content (AvgIpc) is 2.35. The molecule has 94 valence electrons. The van der Waals surface area contributed by atoms with Gasteiger partial charge < -0.3 is 15.5 Å². The summed E-state index contributed by atoms with van der Waals surface area (Å²) in [5, 5.41) is 0.814. The zero-order chi connectivity index (χ0) is 12.3. The Labute approximate surface area is 108 Å². The minimum atomic E-state index is 0.528. The van der Waals surface area contributed by atoms with Crippen molar-refractivity contribution in [1.82, 2.24) is 0 Å². The fourth-order valence-electron chi connectivity index (χ4n) is 2.65. The molecule has 0 amide bonds. The lowest BCUT2D eigenvalue weighted by atomic mass is 10.0. The maximum absolute atomic E-state index is 5.94. The van der Waals surface area contributed by atoms with Crippen LogP contribution in [0.1, 0.15) is 11.6 Å². The molecule has 1 aliphatic heterocycles. The first-order chi connectivity index (χ1) is 8.20. The maximum atomic E-state index is 5.94. The van der Waals surface area contributed by atoms with E-state index >= 15 is 0 Å². The SMILES string of the molecule is C[NH+]1CC[NH+]([C@@H](C[NH3+])c2ccc(Cl)cc2)CC1. The molecule has 3 nitrogen and oxygen atoms in total. The molecule has 0 unspecified atom stereocenters. The van der Waals surface area contributed by atoms with Crippen molar-refractivity contribution in [2.24, 2.45) is 0 Å². The van der Waals surface area contributed by atoms with E-state index in [-0.39, 0.29) is 0 Å². The zero-order valence-corrected chi connectivity index (χ0v) is 11.3. The molecule has 1 aromatic carbocycles. The lowest BCUT2D eigenvalue weighted by Gasteiger charge is -2.32. The van der Waals surface area contributed by atoms with Gasteiger partial charge in [0.05, 0.1) is 7.05 Å². The number of benzene rings is 1. The van der Waals surface area contributed by atoms with E-state index in [9.17, 15) is 0 Å². The van der Waals surface area contributed by atoms with Gasteiger partial charge >= 0.3 is 0 Å². The molecule has 1 fully saturated rings. The molecule has 0 radical (unpaired) electrons. The number of hydrogen-bond donors (Lipinski definition) is 3. The number of hydrogen-bond acceptors (Lipinski definition) is 0. The summed E-state index contributed by atoms with van der Waals surface area (Å²) in [6.45, 7) is 5.97. The molecular formula is C13H23ClN3+3. The van der Waals surface area contributed by atoms with E-state index in [1.165, 1.54) is 31.7 Å². The molecule has 0 saturated carbocycles. The van der Waals surface area contributed by atoms with E-state index in [0.717, 1.165) is 11.6 Å². The Hall–Kier alpha value is -0.610. The molecule has 1 aliphatic rings. The van der Waals surface area contributed by atoms with Crippen LogP contribution in [0.25, 0.3) is 0 Å². The molecule has 4 heteroatoms. The van der Waals surface area contributed by atoms with E-state index in [1.807, 2.05) is 12.1 Å². The van der Waals surface area contributed by atoms with E-state index in [1.54, 1.807) is 9.80 Å². The lowest BCUT2D eigenvalue weighted by Crippen LogP contribution is -3.27. The second-order valence-electron chi connectivity index (χ2n) is 5.01. The molecule has 1 aromatic rings. The predicted molar refractivity (Wildman–Crippen MR) is 69.3 cm³/mol. The van der Waals surface area contributed by atoms with Crippen molar-refractivity contribution < 1.29 is 15.5 Å². The first kappa shape index (κ1) is 12.8. The summed E-state index contributed by atoms with van der Waals surface area (Å²) in [6.07, 6.45) is 0. The summed E-state index contributed by atoms with van der Waals surface area (Å²) >= 11 is 5.94. The summed E-state index contributed by atoms with van der Waals surface area (Å²) in [5.74, 6) is 0. The minimum Gasteiger partial charge on any atom is -0.352 e. The van der Waals surface area contributed by atoms with Crippen molar-refractivity contribution in [3.05, 3.63) is 34.9 Å². The third-order valence-corrected chi connectivity index (χ3v) is 4.05. The van der Waals surface area contributed by atoms with Crippen LogP contribution >= 0.6 is 11.6 Å². The second-order valence-corrected chi connectivity index (χ2v) is 5.44. The van der Waals surface area contributed by atoms with Gasteiger partial charge in [-0.3, -0.25) is 0 Å². The fourth-order valence-corrected chi connectivity index (χ4v) is 2.77. The maximum Gasteiger partial charge on any atom is 0.163 e. The smallest absolute Gasteiger partial charge is 0.163 e. The lowest BCUT2D eigenvalue weighted by molar-refractivity contribution is -1.02. The van der Waals surface area contributed by atoms with Gasteiger partial charge in [0, 0.05) is 10.6 Å². The number of piperazine rings is 1. The van der Waals surface area contributed by atoms with Gasteiger partial charge in [-0.05, 0) is 12.1 Å². The largest absolute Gasteiger partial charge is 0.352 e. The van der Waals surface area contributed by atoms with Crippen LogP contribution in [0.3, 0.4) is 0 Å². The van der Waals surface area contributed by atoms with Crippen LogP contribution in [-0.4, -0.2) is 39.8 Å². The van der Waals surface area contributed by atoms with Crippen LogP contribution < -0.4 is 15.5 Å². The Balaban J connectivity index is 2.08. The fraction of sp³-hybridized carbons (Fsp3) is 0.538. The van der Waals surface area contributed by atoms with Crippen LogP contribution in [0.4, 0.5) is 0 Å². The monoisotopic (exact) mass is 256 g/mol. The number of quaternary nitrogens is 3. The van der Waals surface area contributed by atoms with E-state index in [2.05, 4.69) is 24.9 Å². The summed E-state index contributed by atoms with van der Waals surface area (Å²) in [7, 11) is 2.28. The van der Waals surface area contributed by atoms with Crippen molar-refractivity contribution in [3.63, 3.8) is 0 Å². The van der Waals surface area contributed by atoms with Crippen LogP contribution in [0, 0.1) is 0 Å². The van der Waals surface area contributed by atoms with Gasteiger partial charge in [0.25, 0.3) is 0 Å². The van der Waals surface area contributed by atoms with Gasteiger partial charge in [-0.25, -0.2) is 0 Å². The number of likely N-dealkylation sites (N-methyl/N-ethyl adjacent to an activating group) is 1. The molecule has 1 atom stereocenters. The summed E-state index contributed by atoms with van der Waals surface area (Å²) in [4.78, 5) is 3.32. The van der Waals surface area contributed by atoms with Gasteiger partial charge in [-0.1, -0.05) is 23.7 Å². The highest BCUT2D eigenvalue weighted by Gasteiger charge is 2.29. The molecule has 2 rings (SSSR count). The highest BCUT2D eigenvalue weighted by atomic mass is 35.5. The van der Waals surface area contributed by atoms with Crippen molar-refractivity contribution in [3.8, 4) is 0 Å². The topological polar surface area (TPSA) is 36.5 Å². The third-order valence-electron chi connectivity index (χ3n) is 3.80. The minimum absolute atomic E-state index is 0.528. The number of halogens is 1. The molecule has 5 N–H and O–H groups in total. The molecule has 0 bridgehead atoms. The Morgan fingerprint density at radius 2 is 1.76 bits per heavy atom. The van der Waals surface area contributed by atoms with Gasteiger partial charge in [0.15, 0.2) is 6.04 Å². The number of nitrogens with one attached hydrogen (secondary N) is 2. The standard InChI is InChI=1S/C13H20ClN3/c1-16-6-8-17(9-7-16)13(10-15)11-2-4-12(14)5-3-11/h2-5,13H,6-10,15H2,1H3/p+3/t13-/m0/s1. The van der Waals surface area contributed by atoms with Crippen molar-refractivity contribution in [2.75, 3.05) is 39.8 Å².